The van der Waals surface area contributed by atoms with Crippen LogP contribution in [0, 0.1) is 13.8 Å². The number of hydrogen-bond acceptors (Lipinski definition) is 10. The summed E-state index contributed by atoms with van der Waals surface area (Å²) in [7, 11) is 5.88. The first-order valence-corrected chi connectivity index (χ1v) is 14.5. The first-order valence-electron chi connectivity index (χ1n) is 13.7. The number of carbonyl (C=O) groups excluding carboxylic acids is 1. The number of nitrogens with zero attached hydrogens (tertiary/aromatic N) is 8. The van der Waals surface area contributed by atoms with Crippen LogP contribution in [0.3, 0.4) is 0 Å². The number of amides is 1. The normalized spacial score (nSPS) is 19.2. The molecule has 2 fully saturated rings. The van der Waals surface area contributed by atoms with Gasteiger partial charge in [-0.05, 0) is 57.5 Å². The van der Waals surface area contributed by atoms with E-state index in [0.717, 1.165) is 34.3 Å². The van der Waals surface area contributed by atoms with Crippen LogP contribution in [0.1, 0.15) is 33.9 Å². The molecule has 0 saturated carbocycles. The third-order valence-electron chi connectivity index (χ3n) is 8.30. The van der Waals surface area contributed by atoms with Crippen LogP contribution >= 0.6 is 11.3 Å². The molecule has 0 bridgehead atoms. The van der Waals surface area contributed by atoms with E-state index in [2.05, 4.69) is 62.2 Å². The van der Waals surface area contributed by atoms with Gasteiger partial charge in [0.25, 0.3) is 5.91 Å². The third kappa shape index (κ3) is 4.94. The summed E-state index contributed by atoms with van der Waals surface area (Å²) in [5.41, 5.74) is 4.50. The van der Waals surface area contributed by atoms with Crippen LogP contribution in [-0.2, 0) is 0 Å². The number of nitrogens with one attached hydrogen (secondary N) is 1. The molecule has 3 aromatic rings. The highest BCUT2D eigenvalue weighted by molar-refractivity contribution is 7.16. The first kappa shape index (κ1) is 26.0. The summed E-state index contributed by atoms with van der Waals surface area (Å²) in [5.74, 6) is 1.02. The second kappa shape index (κ2) is 10.4. The number of rotatable bonds is 4. The Kier molecular flexibility index (Phi) is 6.90. The summed E-state index contributed by atoms with van der Waals surface area (Å²) in [6.45, 7) is 11.0. The molecule has 39 heavy (non-hydrogen) atoms. The van der Waals surface area contributed by atoms with Gasteiger partial charge in [-0.15, -0.1) is 11.3 Å². The average molecular weight is 548 g/mol. The lowest BCUT2D eigenvalue weighted by molar-refractivity contribution is 0.0982. The summed E-state index contributed by atoms with van der Waals surface area (Å²) >= 11 is 1.49. The van der Waals surface area contributed by atoms with Crippen molar-refractivity contribution in [2.45, 2.75) is 32.7 Å². The topological polar surface area (TPSA) is 84.0 Å². The van der Waals surface area contributed by atoms with Crippen molar-refractivity contribution in [1.29, 1.82) is 0 Å². The standard InChI is InChI=1S/C28H37N9OS/c1-18-16-21(36-10-8-20(9-11-36)37-14-12-33(3)13-15-37)6-7-22(18)31-28-29-17-23-25(32-28)35(5)27-24(26(38)34(23)4)30-19(2)39-27/h6-7,16-17,20H,8-15H2,1-5H3,(H,29,31,32). The lowest BCUT2D eigenvalue weighted by Gasteiger charge is -2.42. The van der Waals surface area contributed by atoms with E-state index in [1.165, 1.54) is 56.0 Å². The zero-order valence-electron chi connectivity index (χ0n) is 23.4. The monoisotopic (exact) mass is 547 g/mol. The van der Waals surface area contributed by atoms with Crippen LogP contribution < -0.4 is 20.0 Å². The minimum Gasteiger partial charge on any atom is -0.371 e. The number of aryl methyl sites for hydroxylation is 2. The van der Waals surface area contributed by atoms with Crippen molar-refractivity contribution in [3.05, 3.63) is 40.7 Å². The number of benzene rings is 1. The largest absolute Gasteiger partial charge is 0.371 e. The van der Waals surface area contributed by atoms with Crippen LogP contribution in [0.15, 0.2) is 24.4 Å². The number of hydrogen-bond donors (Lipinski definition) is 1. The van der Waals surface area contributed by atoms with Gasteiger partial charge in [0.2, 0.25) is 5.95 Å². The summed E-state index contributed by atoms with van der Waals surface area (Å²) in [4.78, 5) is 38.0. The van der Waals surface area contributed by atoms with Gasteiger partial charge in [0, 0.05) is 70.8 Å². The number of likely N-dealkylation sites (N-methyl/N-ethyl adjacent to an activating group) is 1. The molecule has 2 saturated heterocycles. The van der Waals surface area contributed by atoms with Gasteiger partial charge in [-0.3, -0.25) is 9.69 Å². The molecule has 1 aromatic carbocycles. The van der Waals surface area contributed by atoms with Crippen molar-refractivity contribution in [3.63, 3.8) is 0 Å². The van der Waals surface area contributed by atoms with E-state index >= 15 is 0 Å². The van der Waals surface area contributed by atoms with Gasteiger partial charge >= 0.3 is 0 Å². The molecule has 1 amide bonds. The Morgan fingerprint density at radius 3 is 2.41 bits per heavy atom. The second-order valence-corrected chi connectivity index (χ2v) is 12.1. The number of fused-ring (bicyclic) bond motifs is 2. The Balaban J connectivity index is 1.16. The molecule has 206 valence electrons. The molecule has 2 aromatic heterocycles. The van der Waals surface area contributed by atoms with Crippen molar-refractivity contribution in [3.8, 4) is 0 Å². The fraction of sp³-hybridized carbons (Fsp3) is 0.500. The second-order valence-electron chi connectivity index (χ2n) is 10.9. The molecule has 5 heterocycles. The van der Waals surface area contributed by atoms with E-state index in [-0.39, 0.29) is 5.91 Å². The van der Waals surface area contributed by atoms with Crippen molar-refractivity contribution < 1.29 is 4.79 Å². The number of thiazole rings is 1. The minimum atomic E-state index is -0.150. The molecule has 0 radical (unpaired) electrons. The molecule has 0 atom stereocenters. The Morgan fingerprint density at radius 1 is 0.949 bits per heavy atom. The Hall–Kier alpha value is -3.28. The van der Waals surface area contributed by atoms with Gasteiger partial charge in [0.15, 0.2) is 11.5 Å². The molecule has 0 spiro atoms. The highest BCUT2D eigenvalue weighted by Gasteiger charge is 2.32. The van der Waals surface area contributed by atoms with E-state index in [1.807, 2.05) is 18.9 Å². The van der Waals surface area contributed by atoms with Crippen molar-refractivity contribution in [2.75, 3.05) is 80.4 Å². The number of anilines is 6. The van der Waals surface area contributed by atoms with Crippen molar-refractivity contribution >= 4 is 51.1 Å². The summed E-state index contributed by atoms with van der Waals surface area (Å²) in [6, 6.07) is 7.28. The Labute approximate surface area is 234 Å². The highest BCUT2D eigenvalue weighted by Crippen LogP contribution is 2.41. The minimum absolute atomic E-state index is 0.150. The van der Waals surface area contributed by atoms with Gasteiger partial charge in [-0.25, -0.2) is 9.97 Å². The molecule has 3 aliphatic heterocycles. The molecule has 0 aliphatic carbocycles. The maximum Gasteiger partial charge on any atom is 0.279 e. The zero-order chi connectivity index (χ0) is 27.3. The summed E-state index contributed by atoms with van der Waals surface area (Å²) < 4.78 is 0. The maximum absolute atomic E-state index is 13.0. The molecule has 3 aliphatic rings. The first-order chi connectivity index (χ1) is 18.8. The number of aromatic nitrogens is 3. The van der Waals surface area contributed by atoms with Crippen LogP contribution in [0.2, 0.25) is 0 Å². The highest BCUT2D eigenvalue weighted by atomic mass is 32.1. The number of piperidine rings is 1. The van der Waals surface area contributed by atoms with Crippen molar-refractivity contribution in [2.24, 2.45) is 0 Å². The number of piperazine rings is 1. The SMILES string of the molecule is Cc1nc2c(s1)N(C)c1nc(Nc3ccc(N4CCC(N5CCN(C)CC5)CC4)cc3C)ncc1N(C)C2=O. The van der Waals surface area contributed by atoms with Crippen LogP contribution in [-0.4, -0.2) is 97.1 Å². The van der Waals surface area contributed by atoms with E-state index in [1.54, 1.807) is 18.1 Å². The third-order valence-corrected chi connectivity index (χ3v) is 9.34. The molecule has 1 N–H and O–H groups in total. The van der Waals surface area contributed by atoms with Crippen LogP contribution in [0.25, 0.3) is 0 Å². The molecule has 0 unspecified atom stereocenters. The maximum atomic E-state index is 13.0. The lowest BCUT2D eigenvalue weighted by atomic mass is 10.0. The predicted molar refractivity (Wildman–Crippen MR) is 158 cm³/mol. The van der Waals surface area contributed by atoms with E-state index in [0.29, 0.717) is 29.2 Å². The summed E-state index contributed by atoms with van der Waals surface area (Å²) in [5, 5.41) is 5.06. The molecule has 6 rings (SSSR count). The Morgan fingerprint density at radius 2 is 1.69 bits per heavy atom. The smallest absolute Gasteiger partial charge is 0.279 e. The van der Waals surface area contributed by atoms with E-state index < -0.39 is 0 Å². The quantitative estimate of drug-likeness (QED) is 0.523. The summed E-state index contributed by atoms with van der Waals surface area (Å²) in [6.07, 6.45) is 4.14. The fourth-order valence-corrected chi connectivity index (χ4v) is 6.71. The lowest BCUT2D eigenvalue weighted by Crippen LogP contribution is -2.52. The predicted octanol–water partition coefficient (Wildman–Crippen LogP) is 3.87. The van der Waals surface area contributed by atoms with Crippen LogP contribution in [0.4, 0.5) is 33.8 Å². The van der Waals surface area contributed by atoms with Gasteiger partial charge in [0.05, 0.1) is 11.2 Å². The van der Waals surface area contributed by atoms with E-state index in [4.69, 9.17) is 4.98 Å². The van der Waals surface area contributed by atoms with Gasteiger partial charge in [-0.2, -0.15) is 4.98 Å². The van der Waals surface area contributed by atoms with Crippen molar-refractivity contribution in [1.82, 2.24) is 24.8 Å². The van der Waals surface area contributed by atoms with Gasteiger partial charge < -0.3 is 24.9 Å². The average Bonchev–Trinajstić information content (AvgIpc) is 3.32. The molecule has 10 nitrogen and oxygen atoms in total. The van der Waals surface area contributed by atoms with Gasteiger partial charge in [0.1, 0.15) is 10.7 Å². The number of carbonyl (C=O) groups is 1. The Bertz CT molecular complexity index is 1380. The van der Waals surface area contributed by atoms with Crippen LogP contribution in [0.5, 0.6) is 0 Å². The molecular weight excluding hydrogens is 510 g/mol. The molecule has 11 heteroatoms. The molecular formula is C28H37N9OS. The van der Waals surface area contributed by atoms with Gasteiger partial charge in [-0.1, -0.05) is 0 Å². The van der Waals surface area contributed by atoms with E-state index in [9.17, 15) is 4.79 Å². The fourth-order valence-electron chi connectivity index (χ4n) is 5.84. The zero-order valence-corrected chi connectivity index (χ0v) is 24.3.